The molecule has 1 aromatic carbocycles. The third kappa shape index (κ3) is 5.69. The van der Waals surface area contributed by atoms with E-state index in [0.717, 1.165) is 22.8 Å². The highest BCUT2D eigenvalue weighted by Gasteiger charge is 2.03. The van der Waals surface area contributed by atoms with E-state index in [-0.39, 0.29) is 17.8 Å². The summed E-state index contributed by atoms with van der Waals surface area (Å²) in [6, 6.07) is 7.81. The summed E-state index contributed by atoms with van der Waals surface area (Å²) < 4.78 is 12.7. The number of rotatable bonds is 6. The first-order valence-electron chi connectivity index (χ1n) is 6.86. The van der Waals surface area contributed by atoms with Crippen LogP contribution >= 0.6 is 11.8 Å². The lowest BCUT2D eigenvalue weighted by Crippen LogP contribution is -2.30. The van der Waals surface area contributed by atoms with Crippen molar-refractivity contribution in [2.75, 3.05) is 17.6 Å². The first-order valence-corrected chi connectivity index (χ1v) is 7.85. The predicted octanol–water partition coefficient (Wildman–Crippen LogP) is 3.23. The standard InChI is InChI=1S/C15H17FN4OS/c1-11-7-9-17-14(19-11)20-15(21)18-8-2-10-22-13-5-3-12(16)4-6-13/h3-7,9H,2,8,10H2,1H3,(H2,17,18,19,20,21). The summed E-state index contributed by atoms with van der Waals surface area (Å²) in [5.74, 6) is 0.895. The molecule has 0 aliphatic carbocycles. The van der Waals surface area contributed by atoms with Gasteiger partial charge < -0.3 is 5.32 Å². The molecule has 0 aliphatic heterocycles. The quantitative estimate of drug-likeness (QED) is 0.633. The Kier molecular flexibility index (Phi) is 6.14. The van der Waals surface area contributed by atoms with Crippen molar-refractivity contribution in [1.29, 1.82) is 0 Å². The normalized spacial score (nSPS) is 10.3. The molecule has 1 heterocycles. The van der Waals surface area contributed by atoms with Crippen molar-refractivity contribution < 1.29 is 9.18 Å². The van der Waals surface area contributed by atoms with Gasteiger partial charge >= 0.3 is 6.03 Å². The van der Waals surface area contributed by atoms with Gasteiger partial charge in [-0.2, -0.15) is 0 Å². The fourth-order valence-corrected chi connectivity index (χ4v) is 2.50. The van der Waals surface area contributed by atoms with Crippen LogP contribution in [0.3, 0.4) is 0 Å². The molecule has 0 bridgehead atoms. The van der Waals surface area contributed by atoms with Crippen molar-refractivity contribution in [3.8, 4) is 0 Å². The highest BCUT2D eigenvalue weighted by molar-refractivity contribution is 7.99. The fraction of sp³-hybridized carbons (Fsp3) is 0.267. The average molecular weight is 320 g/mol. The summed E-state index contributed by atoms with van der Waals surface area (Å²) in [5.41, 5.74) is 0.793. The number of amides is 2. The van der Waals surface area contributed by atoms with Gasteiger partial charge in [-0.3, -0.25) is 5.32 Å². The maximum Gasteiger partial charge on any atom is 0.321 e. The van der Waals surface area contributed by atoms with Crippen molar-refractivity contribution in [3.63, 3.8) is 0 Å². The highest BCUT2D eigenvalue weighted by atomic mass is 32.2. The molecule has 7 heteroatoms. The summed E-state index contributed by atoms with van der Waals surface area (Å²) in [5, 5.41) is 5.32. The first kappa shape index (κ1) is 16.2. The maximum atomic E-state index is 12.7. The van der Waals surface area contributed by atoms with Crippen LogP contribution in [0.25, 0.3) is 0 Å². The van der Waals surface area contributed by atoms with E-state index in [1.165, 1.54) is 12.1 Å². The maximum absolute atomic E-state index is 12.7. The number of nitrogens with one attached hydrogen (secondary N) is 2. The molecule has 2 aromatic rings. The van der Waals surface area contributed by atoms with E-state index >= 15 is 0 Å². The number of carbonyl (C=O) groups is 1. The minimum Gasteiger partial charge on any atom is -0.338 e. The Bertz CT molecular complexity index is 621. The largest absolute Gasteiger partial charge is 0.338 e. The molecule has 0 spiro atoms. The number of hydrogen-bond donors (Lipinski definition) is 2. The Labute approximate surface area is 132 Å². The molecule has 0 unspecified atom stereocenters. The predicted molar refractivity (Wildman–Crippen MR) is 85.5 cm³/mol. The molecule has 5 nitrogen and oxygen atoms in total. The van der Waals surface area contributed by atoms with E-state index in [4.69, 9.17) is 0 Å². The molecule has 2 amide bonds. The van der Waals surface area contributed by atoms with Crippen molar-refractivity contribution in [2.45, 2.75) is 18.2 Å². The van der Waals surface area contributed by atoms with Crippen LogP contribution in [0.5, 0.6) is 0 Å². The molecule has 0 saturated carbocycles. The van der Waals surface area contributed by atoms with Gasteiger partial charge in [-0.05, 0) is 49.4 Å². The Hall–Kier alpha value is -2.15. The number of benzene rings is 1. The van der Waals surface area contributed by atoms with Crippen molar-refractivity contribution in [1.82, 2.24) is 15.3 Å². The van der Waals surface area contributed by atoms with Crippen LogP contribution in [0, 0.1) is 12.7 Å². The first-order chi connectivity index (χ1) is 10.6. The lowest BCUT2D eigenvalue weighted by Gasteiger charge is -2.06. The molecule has 0 atom stereocenters. The van der Waals surface area contributed by atoms with Gasteiger partial charge in [0.2, 0.25) is 5.95 Å². The number of aryl methyl sites for hydroxylation is 1. The van der Waals surface area contributed by atoms with Crippen molar-refractivity contribution >= 4 is 23.7 Å². The average Bonchev–Trinajstić information content (AvgIpc) is 2.49. The number of aromatic nitrogens is 2. The second kappa shape index (κ2) is 8.33. The zero-order valence-electron chi connectivity index (χ0n) is 12.2. The molecule has 2 rings (SSSR count). The Balaban J connectivity index is 1.62. The zero-order valence-corrected chi connectivity index (χ0v) is 13.0. The number of urea groups is 1. The van der Waals surface area contributed by atoms with E-state index in [2.05, 4.69) is 20.6 Å². The van der Waals surface area contributed by atoms with Crippen molar-refractivity contribution in [2.24, 2.45) is 0 Å². The lowest BCUT2D eigenvalue weighted by molar-refractivity contribution is 0.252. The summed E-state index contributed by atoms with van der Waals surface area (Å²) in [6.45, 7) is 2.38. The lowest BCUT2D eigenvalue weighted by atomic mass is 10.4. The van der Waals surface area contributed by atoms with E-state index in [1.54, 1.807) is 36.2 Å². The van der Waals surface area contributed by atoms with Crippen LogP contribution in [0.4, 0.5) is 15.1 Å². The number of anilines is 1. The number of halogens is 1. The SMILES string of the molecule is Cc1ccnc(NC(=O)NCCCSc2ccc(F)cc2)n1. The van der Waals surface area contributed by atoms with E-state index in [1.807, 2.05) is 6.92 Å². The Morgan fingerprint density at radius 2 is 2.05 bits per heavy atom. The van der Waals surface area contributed by atoms with E-state index < -0.39 is 0 Å². The van der Waals surface area contributed by atoms with Crippen molar-refractivity contribution in [3.05, 3.63) is 48.0 Å². The molecule has 2 N–H and O–H groups in total. The van der Waals surface area contributed by atoms with Crippen LogP contribution < -0.4 is 10.6 Å². The number of hydrogen-bond acceptors (Lipinski definition) is 4. The highest BCUT2D eigenvalue weighted by Crippen LogP contribution is 2.18. The third-order valence-electron chi connectivity index (χ3n) is 2.71. The third-order valence-corrected chi connectivity index (χ3v) is 3.81. The number of carbonyl (C=O) groups excluding carboxylic acids is 1. The minimum atomic E-state index is -0.322. The summed E-state index contributed by atoms with van der Waals surface area (Å²) in [4.78, 5) is 20.7. The van der Waals surface area contributed by atoms with Gasteiger partial charge in [0.1, 0.15) is 5.82 Å². The van der Waals surface area contributed by atoms with Gasteiger partial charge in [-0.25, -0.2) is 19.2 Å². The Morgan fingerprint density at radius 1 is 1.27 bits per heavy atom. The second-order valence-corrected chi connectivity index (χ2v) is 5.73. The summed E-state index contributed by atoms with van der Waals surface area (Å²) in [7, 11) is 0. The van der Waals surface area contributed by atoms with Crippen LogP contribution in [-0.4, -0.2) is 28.3 Å². The number of thioether (sulfide) groups is 1. The van der Waals surface area contributed by atoms with E-state index in [9.17, 15) is 9.18 Å². The van der Waals surface area contributed by atoms with Crippen LogP contribution in [0.2, 0.25) is 0 Å². The molecule has 116 valence electrons. The topological polar surface area (TPSA) is 66.9 Å². The monoisotopic (exact) mass is 320 g/mol. The van der Waals surface area contributed by atoms with Crippen LogP contribution in [0.15, 0.2) is 41.4 Å². The second-order valence-electron chi connectivity index (χ2n) is 4.56. The molecule has 0 fully saturated rings. The van der Waals surface area contributed by atoms with Crippen LogP contribution in [-0.2, 0) is 0 Å². The van der Waals surface area contributed by atoms with Gasteiger partial charge in [-0.15, -0.1) is 11.8 Å². The fourth-order valence-electron chi connectivity index (χ4n) is 1.65. The molecule has 0 radical (unpaired) electrons. The van der Waals surface area contributed by atoms with Gasteiger partial charge in [0.15, 0.2) is 0 Å². The minimum absolute atomic E-state index is 0.235. The summed E-state index contributed by atoms with van der Waals surface area (Å²) in [6.07, 6.45) is 2.40. The van der Waals surface area contributed by atoms with Gasteiger partial charge in [-0.1, -0.05) is 0 Å². The molecular weight excluding hydrogens is 303 g/mol. The Morgan fingerprint density at radius 3 is 2.77 bits per heavy atom. The van der Waals surface area contributed by atoms with Crippen LogP contribution in [0.1, 0.15) is 12.1 Å². The van der Waals surface area contributed by atoms with E-state index in [0.29, 0.717) is 6.54 Å². The molecule has 22 heavy (non-hydrogen) atoms. The smallest absolute Gasteiger partial charge is 0.321 e. The summed E-state index contributed by atoms with van der Waals surface area (Å²) >= 11 is 1.62. The van der Waals surface area contributed by atoms with Gasteiger partial charge in [0, 0.05) is 23.3 Å². The van der Waals surface area contributed by atoms with Gasteiger partial charge in [0.25, 0.3) is 0 Å². The molecular formula is C15H17FN4OS. The molecule has 1 aromatic heterocycles. The molecule has 0 saturated heterocycles. The van der Waals surface area contributed by atoms with Gasteiger partial charge in [0.05, 0.1) is 0 Å². The number of nitrogens with zero attached hydrogens (tertiary/aromatic N) is 2. The zero-order chi connectivity index (χ0) is 15.8. The molecule has 0 aliphatic rings.